The number of fused-ring (bicyclic) bond motifs is 4. The molecule has 3 aliphatic heterocycles. The Labute approximate surface area is 193 Å². The molecule has 2 N–H and O–H groups in total. The maximum Gasteiger partial charge on any atom is 0.134 e. The largest absolute Gasteiger partial charge is 0.378 e. The highest BCUT2D eigenvalue weighted by Gasteiger charge is 2.39. The number of benzene rings is 2. The Morgan fingerprint density at radius 2 is 2.09 bits per heavy atom. The maximum absolute atomic E-state index is 14.0. The summed E-state index contributed by atoms with van der Waals surface area (Å²) in [5.74, 6) is 0. The second-order valence-electron chi connectivity index (χ2n) is 9.42. The van der Waals surface area contributed by atoms with Crippen molar-refractivity contribution in [1.29, 1.82) is 5.26 Å². The molecule has 0 spiro atoms. The molecule has 2 aromatic carbocycles. The van der Waals surface area contributed by atoms with Crippen LogP contribution in [0.5, 0.6) is 0 Å². The lowest BCUT2D eigenvalue weighted by molar-refractivity contribution is 0.134. The second-order valence-corrected chi connectivity index (χ2v) is 9.42. The second kappa shape index (κ2) is 7.98. The van der Waals surface area contributed by atoms with E-state index in [9.17, 15) is 9.65 Å². The summed E-state index contributed by atoms with van der Waals surface area (Å²) in [4.78, 5) is 9.50. The van der Waals surface area contributed by atoms with Gasteiger partial charge >= 0.3 is 0 Å². The van der Waals surface area contributed by atoms with E-state index in [1.807, 2.05) is 12.1 Å². The van der Waals surface area contributed by atoms with Gasteiger partial charge in [-0.3, -0.25) is 9.88 Å². The highest BCUT2D eigenvalue weighted by Crippen LogP contribution is 2.42. The monoisotopic (exact) mass is 442 g/mol. The quantitative estimate of drug-likeness (QED) is 0.646. The van der Waals surface area contributed by atoms with Gasteiger partial charge in [0.2, 0.25) is 0 Å². The lowest BCUT2D eigenvalue weighted by atomic mass is 9.99. The molecule has 4 atom stereocenters. The fraction of sp³-hybridized carbons (Fsp3) is 0.385. The standard InChI is InChI=1S/C26H27FN6/c1-16-13-32(24-7-4-17(10-28)26-21(24)3-2-8-30-26)15-25-20-6-5-19(9-18(20)14-33(16)25)31-23-12-29-11-22(23)27/h2-9,16,22-23,25,29,31H,11-15H2,1H3/t16-,22+,23-,25-/m1/s1. The molecular weight excluding hydrogens is 415 g/mol. The highest BCUT2D eigenvalue weighted by atomic mass is 19.1. The summed E-state index contributed by atoms with van der Waals surface area (Å²) < 4.78 is 14.0. The van der Waals surface area contributed by atoms with Crippen molar-refractivity contribution in [3.05, 3.63) is 65.4 Å². The van der Waals surface area contributed by atoms with Crippen molar-refractivity contribution >= 4 is 22.3 Å². The number of alkyl halides is 1. The third kappa shape index (κ3) is 3.41. The summed E-state index contributed by atoms with van der Waals surface area (Å²) in [5.41, 5.74) is 6.19. The number of piperazine rings is 1. The van der Waals surface area contributed by atoms with Crippen LogP contribution >= 0.6 is 0 Å². The van der Waals surface area contributed by atoms with Gasteiger partial charge in [-0.25, -0.2) is 4.39 Å². The molecule has 7 heteroatoms. The number of nitriles is 1. The van der Waals surface area contributed by atoms with Gasteiger partial charge in [-0.1, -0.05) is 6.07 Å². The minimum Gasteiger partial charge on any atom is -0.378 e. The van der Waals surface area contributed by atoms with Crippen molar-refractivity contribution < 1.29 is 4.39 Å². The molecule has 0 aliphatic carbocycles. The molecule has 0 saturated carbocycles. The molecule has 6 rings (SSSR count). The topological polar surface area (TPSA) is 67.2 Å². The van der Waals surface area contributed by atoms with Gasteiger partial charge in [0.15, 0.2) is 0 Å². The summed E-state index contributed by atoms with van der Waals surface area (Å²) >= 11 is 0. The third-order valence-corrected chi connectivity index (χ3v) is 7.40. The predicted molar refractivity (Wildman–Crippen MR) is 128 cm³/mol. The maximum atomic E-state index is 14.0. The van der Waals surface area contributed by atoms with Crippen molar-refractivity contribution in [3.8, 4) is 6.07 Å². The molecule has 6 nitrogen and oxygen atoms in total. The Morgan fingerprint density at radius 1 is 1.18 bits per heavy atom. The summed E-state index contributed by atoms with van der Waals surface area (Å²) in [6.07, 6.45) is 0.897. The van der Waals surface area contributed by atoms with Crippen molar-refractivity contribution in [2.75, 3.05) is 36.4 Å². The number of nitrogens with one attached hydrogen (secondary N) is 2. The number of rotatable bonds is 3. The Hall–Kier alpha value is -3.21. The Morgan fingerprint density at radius 3 is 2.91 bits per heavy atom. The van der Waals surface area contributed by atoms with E-state index in [4.69, 9.17) is 0 Å². The summed E-state index contributed by atoms with van der Waals surface area (Å²) in [7, 11) is 0. The van der Waals surface area contributed by atoms with Crippen LogP contribution in [0.4, 0.5) is 15.8 Å². The zero-order chi connectivity index (χ0) is 22.5. The molecule has 33 heavy (non-hydrogen) atoms. The Kier molecular flexibility index (Phi) is 4.93. The predicted octanol–water partition coefficient (Wildman–Crippen LogP) is 3.59. The van der Waals surface area contributed by atoms with Gasteiger partial charge < -0.3 is 15.5 Å². The lowest BCUT2D eigenvalue weighted by Gasteiger charge is -2.43. The van der Waals surface area contributed by atoms with E-state index in [0.717, 1.165) is 41.9 Å². The van der Waals surface area contributed by atoms with Crippen LogP contribution in [0.25, 0.3) is 10.9 Å². The first kappa shape index (κ1) is 20.4. The lowest BCUT2D eigenvalue weighted by Crippen LogP contribution is -2.51. The number of aromatic nitrogens is 1. The van der Waals surface area contributed by atoms with Crippen LogP contribution in [0.15, 0.2) is 48.7 Å². The van der Waals surface area contributed by atoms with E-state index in [-0.39, 0.29) is 6.04 Å². The van der Waals surface area contributed by atoms with Gasteiger partial charge in [-0.2, -0.15) is 5.26 Å². The summed E-state index contributed by atoms with van der Waals surface area (Å²) in [6, 6.07) is 17.3. The van der Waals surface area contributed by atoms with Crippen LogP contribution in [0.3, 0.4) is 0 Å². The minimum absolute atomic E-state index is 0.167. The van der Waals surface area contributed by atoms with Crippen molar-refractivity contribution in [2.45, 2.75) is 37.8 Å². The number of hydrogen-bond donors (Lipinski definition) is 2. The van der Waals surface area contributed by atoms with Crippen molar-refractivity contribution in [3.63, 3.8) is 0 Å². The van der Waals surface area contributed by atoms with Gasteiger partial charge in [0.1, 0.15) is 12.2 Å². The fourth-order valence-corrected chi connectivity index (χ4v) is 5.74. The first-order valence-electron chi connectivity index (χ1n) is 11.6. The average molecular weight is 443 g/mol. The van der Waals surface area contributed by atoms with Gasteiger partial charge in [0, 0.05) is 61.7 Å². The van der Waals surface area contributed by atoms with Crippen LogP contribution in [0, 0.1) is 11.3 Å². The molecule has 2 fully saturated rings. The van der Waals surface area contributed by atoms with Crippen LogP contribution in [0.2, 0.25) is 0 Å². The number of halogens is 1. The zero-order valence-electron chi connectivity index (χ0n) is 18.6. The van der Waals surface area contributed by atoms with E-state index >= 15 is 0 Å². The van der Waals surface area contributed by atoms with E-state index in [1.54, 1.807) is 6.20 Å². The third-order valence-electron chi connectivity index (χ3n) is 7.40. The normalized spacial score (nSPS) is 26.8. The fourth-order valence-electron chi connectivity index (χ4n) is 5.74. The number of nitrogens with zero attached hydrogens (tertiary/aromatic N) is 4. The summed E-state index contributed by atoms with van der Waals surface area (Å²) in [6.45, 7) is 6.09. The van der Waals surface area contributed by atoms with Gasteiger partial charge in [-0.05, 0) is 54.4 Å². The van der Waals surface area contributed by atoms with Gasteiger partial charge in [0.25, 0.3) is 0 Å². The SMILES string of the molecule is C[C@@H]1CN(c2ccc(C#N)c3ncccc23)C[C@@H]2c3ccc(N[C@@H]4CNC[C@@H]4F)cc3CN12. The average Bonchev–Trinajstić information content (AvgIpc) is 3.41. The molecular formula is C26H27FN6. The van der Waals surface area contributed by atoms with Crippen LogP contribution in [-0.4, -0.2) is 54.3 Å². The van der Waals surface area contributed by atoms with Gasteiger partial charge in [-0.15, -0.1) is 0 Å². The first-order valence-corrected chi connectivity index (χ1v) is 11.6. The van der Waals surface area contributed by atoms with Gasteiger partial charge in [0.05, 0.1) is 23.2 Å². The molecule has 0 radical (unpaired) electrons. The number of hydrogen-bond acceptors (Lipinski definition) is 6. The molecule has 0 bridgehead atoms. The molecule has 3 aromatic rings. The Balaban J connectivity index is 1.30. The molecule has 3 aliphatic rings. The van der Waals surface area contributed by atoms with E-state index in [0.29, 0.717) is 30.7 Å². The minimum atomic E-state index is -0.852. The molecule has 0 unspecified atom stereocenters. The van der Waals surface area contributed by atoms with E-state index < -0.39 is 6.17 Å². The van der Waals surface area contributed by atoms with E-state index in [2.05, 4.69) is 68.7 Å². The zero-order valence-corrected chi connectivity index (χ0v) is 18.6. The first-order chi connectivity index (χ1) is 16.1. The molecule has 4 heterocycles. The highest BCUT2D eigenvalue weighted by molar-refractivity contribution is 5.95. The number of anilines is 2. The van der Waals surface area contributed by atoms with Crippen LogP contribution < -0.4 is 15.5 Å². The molecule has 0 amide bonds. The Bertz CT molecular complexity index is 1250. The number of pyridine rings is 1. The molecule has 168 valence electrons. The van der Waals surface area contributed by atoms with Crippen molar-refractivity contribution in [1.82, 2.24) is 15.2 Å². The van der Waals surface area contributed by atoms with Crippen molar-refractivity contribution in [2.24, 2.45) is 0 Å². The summed E-state index contributed by atoms with van der Waals surface area (Å²) in [5, 5.41) is 17.0. The molecule has 2 saturated heterocycles. The van der Waals surface area contributed by atoms with E-state index in [1.165, 1.54) is 11.1 Å². The smallest absolute Gasteiger partial charge is 0.134 e. The van der Waals surface area contributed by atoms with Crippen LogP contribution in [-0.2, 0) is 6.54 Å². The van der Waals surface area contributed by atoms with Crippen LogP contribution in [0.1, 0.15) is 29.7 Å². The molecule has 1 aromatic heterocycles.